The molecule has 3 heteroatoms. The van der Waals surface area contributed by atoms with Crippen molar-refractivity contribution in [1.82, 2.24) is 4.90 Å². The Morgan fingerprint density at radius 3 is 1.81 bits per heavy atom. The van der Waals surface area contributed by atoms with Gasteiger partial charge in [-0.1, -0.05) is 20.8 Å². The summed E-state index contributed by atoms with van der Waals surface area (Å²) in [5.74, 6) is 0.833. The van der Waals surface area contributed by atoms with Crippen molar-refractivity contribution in [2.45, 2.75) is 60.0 Å². The van der Waals surface area contributed by atoms with Crippen LogP contribution >= 0.6 is 0 Å². The molecule has 0 aromatic heterocycles. The molecule has 1 aliphatic heterocycles. The molecule has 0 bridgehead atoms. The molecule has 3 nitrogen and oxygen atoms in total. The molecule has 96 valence electrons. The van der Waals surface area contributed by atoms with Gasteiger partial charge in [0.2, 0.25) is 0 Å². The van der Waals surface area contributed by atoms with Gasteiger partial charge in [0.15, 0.2) is 0 Å². The molecule has 1 saturated heterocycles. The molecule has 0 atom stereocenters. The predicted octanol–water partition coefficient (Wildman–Crippen LogP) is 3.68. The lowest BCUT2D eigenvalue weighted by molar-refractivity contribution is 0.0295. The Hall–Kier alpha value is -0.730. The maximum Gasteiger partial charge on any atom is 0.410 e. The van der Waals surface area contributed by atoms with E-state index in [-0.39, 0.29) is 11.7 Å². The van der Waals surface area contributed by atoms with Crippen molar-refractivity contribution in [2.24, 2.45) is 5.92 Å². The molecule has 1 aliphatic rings. The number of carbonyl (C=O) groups is 1. The second kappa shape index (κ2) is 6.77. The van der Waals surface area contributed by atoms with Crippen LogP contribution in [-0.4, -0.2) is 29.7 Å². The molecule has 1 amide bonds. The second-order valence-electron chi connectivity index (χ2n) is 5.91. The average molecular weight is 229 g/mol. The van der Waals surface area contributed by atoms with Crippen LogP contribution in [0.3, 0.4) is 0 Å². The highest BCUT2D eigenvalue weighted by Crippen LogP contribution is 2.14. The van der Waals surface area contributed by atoms with Gasteiger partial charge in [-0.3, -0.25) is 0 Å². The van der Waals surface area contributed by atoms with Gasteiger partial charge in [-0.15, -0.1) is 0 Å². The molecule has 16 heavy (non-hydrogen) atoms. The number of amides is 1. The lowest BCUT2D eigenvalue weighted by Crippen LogP contribution is -2.34. The summed E-state index contributed by atoms with van der Waals surface area (Å²) in [4.78, 5) is 13.1. The molecule has 0 N–H and O–H groups in total. The van der Waals surface area contributed by atoms with E-state index in [1.165, 1.54) is 0 Å². The van der Waals surface area contributed by atoms with Gasteiger partial charge >= 0.3 is 6.09 Å². The first-order valence-corrected chi connectivity index (χ1v) is 6.20. The first-order chi connectivity index (χ1) is 7.22. The van der Waals surface area contributed by atoms with Crippen LogP contribution in [0, 0.1) is 5.92 Å². The fourth-order valence-electron chi connectivity index (χ4n) is 1.23. The average Bonchev–Trinajstić information content (AvgIpc) is 2.49. The number of carbonyl (C=O) groups excluding carboxylic acids is 1. The summed E-state index contributed by atoms with van der Waals surface area (Å²) in [6.07, 6.45) is 2.05. The van der Waals surface area contributed by atoms with E-state index in [2.05, 4.69) is 20.8 Å². The molecule has 1 fully saturated rings. The van der Waals surface area contributed by atoms with Crippen LogP contribution < -0.4 is 0 Å². The van der Waals surface area contributed by atoms with Gasteiger partial charge in [0.05, 0.1) is 0 Å². The van der Waals surface area contributed by atoms with Crippen LogP contribution in [0.5, 0.6) is 0 Å². The van der Waals surface area contributed by atoms with E-state index in [1.807, 2.05) is 20.8 Å². The lowest BCUT2D eigenvalue weighted by atomic mass is 10.2. The molecule has 1 heterocycles. The van der Waals surface area contributed by atoms with E-state index >= 15 is 0 Å². The summed E-state index contributed by atoms with van der Waals surface area (Å²) in [7, 11) is 0. The van der Waals surface area contributed by atoms with Gasteiger partial charge in [-0.2, -0.15) is 0 Å². The van der Waals surface area contributed by atoms with E-state index in [9.17, 15) is 4.79 Å². The van der Waals surface area contributed by atoms with E-state index in [0.29, 0.717) is 0 Å². The van der Waals surface area contributed by atoms with Crippen molar-refractivity contribution in [3.05, 3.63) is 0 Å². The van der Waals surface area contributed by atoms with Crippen molar-refractivity contribution in [2.75, 3.05) is 13.1 Å². The van der Waals surface area contributed by atoms with Crippen LogP contribution in [0.4, 0.5) is 4.79 Å². The molecule has 0 spiro atoms. The SMILES string of the molecule is CC(C)(C)OC(=O)N1CCCC1.CC(C)C. The van der Waals surface area contributed by atoms with E-state index in [0.717, 1.165) is 31.8 Å². The van der Waals surface area contributed by atoms with Crippen LogP contribution in [0.25, 0.3) is 0 Å². The minimum atomic E-state index is -0.361. The third kappa shape index (κ3) is 8.57. The van der Waals surface area contributed by atoms with Gasteiger partial charge in [-0.05, 0) is 39.5 Å². The molecule has 0 radical (unpaired) electrons. The Kier molecular flexibility index (Phi) is 6.46. The Bertz CT molecular complexity index is 198. The van der Waals surface area contributed by atoms with Gasteiger partial charge in [-0.25, -0.2) is 4.79 Å². The maximum atomic E-state index is 11.4. The summed E-state index contributed by atoms with van der Waals surface area (Å²) >= 11 is 0. The van der Waals surface area contributed by atoms with E-state index in [1.54, 1.807) is 4.90 Å². The summed E-state index contributed by atoms with van der Waals surface area (Å²) in [6, 6.07) is 0. The zero-order valence-electron chi connectivity index (χ0n) is 11.7. The highest BCUT2D eigenvalue weighted by molar-refractivity contribution is 5.68. The standard InChI is InChI=1S/C9H17NO2.C4H10/c1-9(2,3)12-8(11)10-6-4-5-7-10;1-4(2)3/h4-7H2,1-3H3;4H,1-3H3. The largest absolute Gasteiger partial charge is 0.444 e. The number of likely N-dealkylation sites (tertiary alicyclic amines) is 1. The summed E-state index contributed by atoms with van der Waals surface area (Å²) in [6.45, 7) is 13.9. The molecule has 1 rings (SSSR count). The van der Waals surface area contributed by atoms with Crippen LogP contribution in [0.15, 0.2) is 0 Å². The zero-order chi connectivity index (χ0) is 12.8. The normalized spacial score (nSPS) is 15.8. The first kappa shape index (κ1) is 15.3. The maximum absolute atomic E-state index is 11.4. The highest BCUT2D eigenvalue weighted by Gasteiger charge is 2.23. The van der Waals surface area contributed by atoms with Gasteiger partial charge in [0, 0.05) is 13.1 Å². The first-order valence-electron chi connectivity index (χ1n) is 6.20. The number of rotatable bonds is 0. The summed E-state index contributed by atoms with van der Waals surface area (Å²) in [5, 5.41) is 0. The summed E-state index contributed by atoms with van der Waals surface area (Å²) < 4.78 is 5.21. The fraction of sp³-hybridized carbons (Fsp3) is 0.923. The van der Waals surface area contributed by atoms with Crippen LogP contribution in [-0.2, 0) is 4.74 Å². The zero-order valence-corrected chi connectivity index (χ0v) is 11.7. The highest BCUT2D eigenvalue weighted by atomic mass is 16.6. The van der Waals surface area contributed by atoms with Gasteiger partial charge < -0.3 is 9.64 Å². The Balaban J connectivity index is 0.000000487. The summed E-state index contributed by atoms with van der Waals surface area (Å²) in [5.41, 5.74) is -0.361. The predicted molar refractivity (Wildman–Crippen MR) is 67.6 cm³/mol. The van der Waals surface area contributed by atoms with Gasteiger partial charge in [0.25, 0.3) is 0 Å². The van der Waals surface area contributed by atoms with Crippen LogP contribution in [0.2, 0.25) is 0 Å². The topological polar surface area (TPSA) is 29.5 Å². The fourth-order valence-corrected chi connectivity index (χ4v) is 1.23. The second-order valence-corrected chi connectivity index (χ2v) is 5.91. The van der Waals surface area contributed by atoms with Crippen molar-refractivity contribution < 1.29 is 9.53 Å². The lowest BCUT2D eigenvalue weighted by Gasteiger charge is -2.23. The van der Waals surface area contributed by atoms with Crippen molar-refractivity contribution in [3.63, 3.8) is 0 Å². The van der Waals surface area contributed by atoms with E-state index < -0.39 is 0 Å². The number of ether oxygens (including phenoxy) is 1. The minimum Gasteiger partial charge on any atom is -0.444 e. The van der Waals surface area contributed by atoms with E-state index in [4.69, 9.17) is 4.74 Å². The van der Waals surface area contributed by atoms with Crippen molar-refractivity contribution in [1.29, 1.82) is 0 Å². The van der Waals surface area contributed by atoms with Crippen molar-refractivity contribution in [3.8, 4) is 0 Å². The molecule has 0 aliphatic carbocycles. The molecule has 0 unspecified atom stereocenters. The van der Waals surface area contributed by atoms with Gasteiger partial charge in [0.1, 0.15) is 5.60 Å². The third-order valence-electron chi connectivity index (χ3n) is 1.76. The molecular formula is C13H27NO2. The number of hydrogen-bond acceptors (Lipinski definition) is 2. The quantitative estimate of drug-likeness (QED) is 0.634. The monoisotopic (exact) mass is 229 g/mol. The Morgan fingerprint density at radius 2 is 1.50 bits per heavy atom. The molecule has 0 saturated carbocycles. The molecule has 0 aromatic rings. The number of nitrogens with zero attached hydrogens (tertiary/aromatic N) is 1. The Morgan fingerprint density at radius 1 is 1.12 bits per heavy atom. The minimum absolute atomic E-state index is 0.167. The smallest absolute Gasteiger partial charge is 0.410 e. The number of hydrogen-bond donors (Lipinski definition) is 0. The molecule has 0 aromatic carbocycles. The molecular weight excluding hydrogens is 202 g/mol. The Labute approximate surface area is 100 Å². The van der Waals surface area contributed by atoms with Crippen molar-refractivity contribution >= 4 is 6.09 Å². The third-order valence-corrected chi connectivity index (χ3v) is 1.76. The van der Waals surface area contributed by atoms with Crippen LogP contribution in [0.1, 0.15) is 54.4 Å².